The van der Waals surface area contributed by atoms with Gasteiger partial charge in [0, 0.05) is 24.7 Å². The zero-order chi connectivity index (χ0) is 21.5. The SMILES string of the molecule is CC1CCCCC1NC(=NCc1ccc(N2CCOC2=O)cc1)NCCc1ccco1. The summed E-state index contributed by atoms with van der Waals surface area (Å²) in [4.78, 5) is 18.2. The number of ether oxygens (including phenoxy) is 1. The number of hydrogen-bond acceptors (Lipinski definition) is 4. The summed E-state index contributed by atoms with van der Waals surface area (Å²) in [5, 5.41) is 7.12. The third kappa shape index (κ3) is 5.81. The highest BCUT2D eigenvalue weighted by atomic mass is 16.6. The lowest BCUT2D eigenvalue weighted by molar-refractivity contribution is 0.181. The van der Waals surface area contributed by atoms with Gasteiger partial charge in [-0.15, -0.1) is 0 Å². The van der Waals surface area contributed by atoms with Gasteiger partial charge in [0.25, 0.3) is 0 Å². The first-order valence-electron chi connectivity index (χ1n) is 11.3. The van der Waals surface area contributed by atoms with Crippen LogP contribution in [0.25, 0.3) is 0 Å². The Labute approximate surface area is 183 Å². The summed E-state index contributed by atoms with van der Waals surface area (Å²) in [6.45, 7) is 4.70. The van der Waals surface area contributed by atoms with Gasteiger partial charge in [-0.05, 0) is 48.6 Å². The molecule has 31 heavy (non-hydrogen) atoms. The molecule has 0 spiro atoms. The molecule has 0 radical (unpaired) electrons. The van der Waals surface area contributed by atoms with Crippen molar-refractivity contribution >= 4 is 17.7 Å². The summed E-state index contributed by atoms with van der Waals surface area (Å²) >= 11 is 0. The molecule has 2 heterocycles. The van der Waals surface area contributed by atoms with Crippen LogP contribution >= 0.6 is 0 Å². The molecule has 2 aromatic rings. The number of hydrogen-bond donors (Lipinski definition) is 2. The Morgan fingerprint density at radius 3 is 2.74 bits per heavy atom. The van der Waals surface area contributed by atoms with Gasteiger partial charge in [-0.2, -0.15) is 0 Å². The number of nitrogens with one attached hydrogen (secondary N) is 2. The van der Waals surface area contributed by atoms with E-state index in [1.54, 1.807) is 11.2 Å². The third-order valence-electron chi connectivity index (χ3n) is 6.11. The number of carbonyl (C=O) groups is 1. The quantitative estimate of drug-likeness (QED) is 0.517. The number of nitrogens with zero attached hydrogens (tertiary/aromatic N) is 2. The standard InChI is InChI=1S/C24H32N4O3/c1-18-5-2-3-7-22(18)27-23(25-13-12-21-6-4-15-30-21)26-17-19-8-10-20(11-9-19)28-14-16-31-24(28)29/h4,6,8-11,15,18,22H,2-3,5,7,12-14,16-17H2,1H3,(H2,25,26,27). The maximum absolute atomic E-state index is 11.7. The van der Waals surface area contributed by atoms with Gasteiger partial charge >= 0.3 is 6.09 Å². The highest BCUT2D eigenvalue weighted by Crippen LogP contribution is 2.24. The smallest absolute Gasteiger partial charge is 0.414 e. The van der Waals surface area contributed by atoms with Gasteiger partial charge in [0.1, 0.15) is 12.4 Å². The highest BCUT2D eigenvalue weighted by molar-refractivity contribution is 5.89. The number of guanidine groups is 1. The van der Waals surface area contributed by atoms with Crippen molar-refractivity contribution in [3.63, 3.8) is 0 Å². The van der Waals surface area contributed by atoms with Gasteiger partial charge in [0.15, 0.2) is 5.96 Å². The number of anilines is 1. The minimum atomic E-state index is -0.278. The minimum Gasteiger partial charge on any atom is -0.469 e. The van der Waals surface area contributed by atoms with E-state index in [2.05, 4.69) is 17.6 Å². The summed E-state index contributed by atoms with van der Waals surface area (Å²) in [5.41, 5.74) is 1.96. The fourth-order valence-electron chi connectivity index (χ4n) is 4.20. The van der Waals surface area contributed by atoms with Crippen molar-refractivity contribution in [3.05, 3.63) is 54.0 Å². The van der Waals surface area contributed by atoms with Crippen molar-refractivity contribution in [2.75, 3.05) is 24.6 Å². The van der Waals surface area contributed by atoms with Crippen molar-refractivity contribution in [2.45, 2.75) is 51.6 Å². The molecule has 4 rings (SSSR count). The molecule has 0 bridgehead atoms. The van der Waals surface area contributed by atoms with E-state index in [0.717, 1.165) is 35.9 Å². The van der Waals surface area contributed by atoms with E-state index in [9.17, 15) is 4.79 Å². The molecule has 2 fully saturated rings. The Balaban J connectivity index is 1.38. The van der Waals surface area contributed by atoms with E-state index in [-0.39, 0.29) is 6.09 Å². The molecule has 7 heteroatoms. The van der Waals surface area contributed by atoms with E-state index in [0.29, 0.717) is 31.7 Å². The Hall–Kier alpha value is -2.96. The second-order valence-corrected chi connectivity index (χ2v) is 8.37. The molecule has 1 saturated carbocycles. The van der Waals surface area contributed by atoms with Gasteiger partial charge in [-0.1, -0.05) is 31.9 Å². The molecule has 1 aliphatic heterocycles. The second-order valence-electron chi connectivity index (χ2n) is 8.37. The molecule has 7 nitrogen and oxygen atoms in total. The predicted octanol–water partition coefficient (Wildman–Crippen LogP) is 4.09. The van der Waals surface area contributed by atoms with Crippen LogP contribution in [-0.4, -0.2) is 37.8 Å². The average molecular weight is 425 g/mol. The van der Waals surface area contributed by atoms with Crippen molar-refractivity contribution in [2.24, 2.45) is 10.9 Å². The lowest BCUT2D eigenvalue weighted by atomic mass is 9.86. The first-order chi connectivity index (χ1) is 15.2. The zero-order valence-electron chi connectivity index (χ0n) is 18.2. The van der Waals surface area contributed by atoms with Gasteiger partial charge in [0.2, 0.25) is 0 Å². The molecular formula is C24H32N4O3. The van der Waals surface area contributed by atoms with Crippen molar-refractivity contribution < 1.29 is 13.9 Å². The fourth-order valence-corrected chi connectivity index (χ4v) is 4.20. The number of benzene rings is 1. The maximum atomic E-state index is 11.7. The summed E-state index contributed by atoms with van der Waals surface area (Å²) in [6, 6.07) is 12.3. The number of carbonyl (C=O) groups excluding carboxylic acids is 1. The maximum Gasteiger partial charge on any atom is 0.414 e. The van der Waals surface area contributed by atoms with Gasteiger partial charge in [0.05, 0.1) is 19.4 Å². The number of rotatable bonds is 7. The van der Waals surface area contributed by atoms with Gasteiger partial charge in [-0.3, -0.25) is 4.90 Å². The number of aliphatic imine (C=N–C) groups is 1. The second kappa shape index (κ2) is 10.4. The molecule has 2 N–H and O–H groups in total. The normalized spacial score (nSPS) is 21.8. The van der Waals surface area contributed by atoms with Crippen LogP contribution in [0.15, 0.2) is 52.1 Å². The van der Waals surface area contributed by atoms with Crippen LogP contribution in [0.4, 0.5) is 10.5 Å². The molecular weight excluding hydrogens is 392 g/mol. The van der Waals surface area contributed by atoms with Crippen LogP contribution in [0.3, 0.4) is 0 Å². The number of amides is 1. The van der Waals surface area contributed by atoms with Crippen molar-refractivity contribution in [1.29, 1.82) is 0 Å². The Morgan fingerprint density at radius 2 is 2.03 bits per heavy atom. The summed E-state index contributed by atoms with van der Waals surface area (Å²) in [6.07, 6.45) is 7.27. The van der Waals surface area contributed by atoms with Crippen LogP contribution < -0.4 is 15.5 Å². The van der Waals surface area contributed by atoms with E-state index in [4.69, 9.17) is 14.1 Å². The van der Waals surface area contributed by atoms with Crippen molar-refractivity contribution in [1.82, 2.24) is 10.6 Å². The van der Waals surface area contributed by atoms with Gasteiger partial charge in [-0.25, -0.2) is 9.79 Å². The third-order valence-corrected chi connectivity index (χ3v) is 6.11. The van der Waals surface area contributed by atoms with Crippen LogP contribution in [-0.2, 0) is 17.7 Å². The summed E-state index contributed by atoms with van der Waals surface area (Å²) < 4.78 is 10.5. The molecule has 2 unspecified atom stereocenters. The van der Waals surface area contributed by atoms with Gasteiger partial charge < -0.3 is 19.8 Å². The summed E-state index contributed by atoms with van der Waals surface area (Å²) in [5.74, 6) is 2.46. The van der Waals surface area contributed by atoms with E-state index in [1.165, 1.54) is 25.7 Å². The lowest BCUT2D eigenvalue weighted by Crippen LogP contribution is -2.47. The lowest BCUT2D eigenvalue weighted by Gasteiger charge is -2.31. The zero-order valence-corrected chi connectivity index (χ0v) is 18.2. The van der Waals surface area contributed by atoms with Crippen LogP contribution in [0.5, 0.6) is 0 Å². The highest BCUT2D eigenvalue weighted by Gasteiger charge is 2.23. The topological polar surface area (TPSA) is 79.1 Å². The minimum absolute atomic E-state index is 0.278. The molecule has 1 amide bonds. The van der Waals surface area contributed by atoms with Crippen LogP contribution in [0, 0.1) is 5.92 Å². The monoisotopic (exact) mass is 424 g/mol. The molecule has 1 aromatic carbocycles. The molecule has 1 aromatic heterocycles. The first kappa shape index (κ1) is 21.3. The predicted molar refractivity (Wildman–Crippen MR) is 121 cm³/mol. The molecule has 1 saturated heterocycles. The molecule has 2 atom stereocenters. The largest absolute Gasteiger partial charge is 0.469 e. The summed E-state index contributed by atoms with van der Waals surface area (Å²) in [7, 11) is 0. The van der Waals surface area contributed by atoms with Crippen LogP contribution in [0.2, 0.25) is 0 Å². The fraction of sp³-hybridized carbons (Fsp3) is 0.500. The average Bonchev–Trinajstić information content (AvgIpc) is 3.45. The Kier molecular flexibility index (Phi) is 7.12. The number of cyclic esters (lactones) is 1. The molecule has 166 valence electrons. The molecule has 2 aliphatic rings. The van der Waals surface area contributed by atoms with E-state index in [1.807, 2.05) is 36.4 Å². The Bertz CT molecular complexity index is 863. The first-order valence-corrected chi connectivity index (χ1v) is 11.3. The molecule has 1 aliphatic carbocycles. The van der Waals surface area contributed by atoms with Crippen molar-refractivity contribution in [3.8, 4) is 0 Å². The van der Waals surface area contributed by atoms with E-state index >= 15 is 0 Å². The van der Waals surface area contributed by atoms with Crippen LogP contribution in [0.1, 0.15) is 43.9 Å². The number of furan rings is 1. The van der Waals surface area contributed by atoms with E-state index < -0.39 is 0 Å². The Morgan fingerprint density at radius 1 is 1.19 bits per heavy atom.